The van der Waals surface area contributed by atoms with Crippen molar-refractivity contribution in [1.82, 2.24) is 0 Å². The molecule has 19 heavy (non-hydrogen) atoms. The van der Waals surface area contributed by atoms with E-state index in [0.29, 0.717) is 11.3 Å². The number of aliphatic hydroxyl groups is 2. The van der Waals surface area contributed by atoms with Crippen molar-refractivity contribution >= 4 is 5.78 Å². The normalized spacial score (nSPS) is 14.2. The summed E-state index contributed by atoms with van der Waals surface area (Å²) in [6.07, 6.45) is -1.37. The maximum atomic E-state index is 11.7. The van der Waals surface area contributed by atoms with Crippen LogP contribution < -0.4 is 4.74 Å². The van der Waals surface area contributed by atoms with Crippen molar-refractivity contribution in [3.05, 3.63) is 29.8 Å². The fourth-order valence-corrected chi connectivity index (χ4v) is 1.71. The van der Waals surface area contributed by atoms with Gasteiger partial charge >= 0.3 is 0 Å². The Labute approximate surface area is 114 Å². The van der Waals surface area contributed by atoms with E-state index >= 15 is 0 Å². The first-order valence-corrected chi connectivity index (χ1v) is 6.45. The van der Waals surface area contributed by atoms with Gasteiger partial charge in [0.25, 0.3) is 0 Å². The predicted octanol–water partition coefficient (Wildman–Crippen LogP) is 2.09. The average molecular weight is 266 g/mol. The molecule has 2 atom stereocenters. The summed E-state index contributed by atoms with van der Waals surface area (Å²) in [6.45, 7) is 3.72. The fourth-order valence-electron chi connectivity index (χ4n) is 1.71. The molecule has 0 spiro atoms. The van der Waals surface area contributed by atoms with E-state index < -0.39 is 12.2 Å². The molecule has 0 amide bonds. The lowest BCUT2D eigenvalue weighted by Gasteiger charge is -2.15. The van der Waals surface area contributed by atoms with Crippen molar-refractivity contribution in [1.29, 1.82) is 0 Å². The molecule has 1 aromatic carbocycles. The second kappa shape index (κ2) is 7.26. The molecular weight excluding hydrogens is 244 g/mol. The summed E-state index contributed by atoms with van der Waals surface area (Å²) < 4.78 is 5.03. The number of carbonyl (C=O) groups excluding carboxylic acids is 1. The minimum absolute atomic E-state index is 0.0239. The van der Waals surface area contributed by atoms with Crippen LogP contribution in [0.15, 0.2) is 24.3 Å². The zero-order valence-electron chi connectivity index (χ0n) is 11.7. The van der Waals surface area contributed by atoms with Gasteiger partial charge in [-0.1, -0.05) is 26.0 Å². The van der Waals surface area contributed by atoms with E-state index in [2.05, 4.69) is 0 Å². The Morgan fingerprint density at radius 1 is 1.16 bits per heavy atom. The van der Waals surface area contributed by atoms with E-state index in [9.17, 15) is 15.0 Å². The molecule has 0 saturated heterocycles. The summed E-state index contributed by atoms with van der Waals surface area (Å²) in [5, 5.41) is 19.6. The molecule has 4 heteroatoms. The smallest absolute Gasteiger partial charge is 0.138 e. The molecule has 0 fully saturated rings. The number of hydrogen-bond donors (Lipinski definition) is 2. The Morgan fingerprint density at radius 2 is 1.74 bits per heavy atom. The highest BCUT2D eigenvalue weighted by Gasteiger charge is 2.18. The van der Waals surface area contributed by atoms with Crippen LogP contribution in [-0.4, -0.2) is 29.2 Å². The number of rotatable bonds is 7. The standard InChI is InChI=1S/C15H22O4/c1-10(2)14(17)8-12(16)9-15(18)11-4-6-13(19-3)7-5-11/h4-7,10,14-15,17-18H,8-9H2,1-3H3/t14-,15-/m0/s1. The van der Waals surface area contributed by atoms with Crippen LogP contribution in [0.2, 0.25) is 0 Å². The van der Waals surface area contributed by atoms with Gasteiger partial charge in [0.1, 0.15) is 11.5 Å². The van der Waals surface area contributed by atoms with E-state index in [4.69, 9.17) is 4.74 Å². The van der Waals surface area contributed by atoms with Crippen LogP contribution in [0.4, 0.5) is 0 Å². The molecule has 2 N–H and O–H groups in total. The number of benzene rings is 1. The lowest BCUT2D eigenvalue weighted by Crippen LogP contribution is -2.20. The number of methoxy groups -OCH3 is 1. The largest absolute Gasteiger partial charge is 0.497 e. The highest BCUT2D eigenvalue weighted by Crippen LogP contribution is 2.21. The predicted molar refractivity (Wildman–Crippen MR) is 73.0 cm³/mol. The first kappa shape index (κ1) is 15.7. The Morgan fingerprint density at radius 3 is 2.21 bits per heavy atom. The molecule has 4 nitrogen and oxygen atoms in total. The summed E-state index contributed by atoms with van der Waals surface area (Å²) in [7, 11) is 1.57. The highest BCUT2D eigenvalue weighted by molar-refractivity contribution is 5.79. The lowest BCUT2D eigenvalue weighted by atomic mass is 9.97. The topological polar surface area (TPSA) is 66.8 Å². The Balaban J connectivity index is 2.53. The van der Waals surface area contributed by atoms with E-state index in [1.54, 1.807) is 31.4 Å². The van der Waals surface area contributed by atoms with Gasteiger partial charge in [0, 0.05) is 12.8 Å². The molecular formula is C15H22O4. The molecule has 0 heterocycles. The van der Waals surface area contributed by atoms with Crippen LogP contribution in [0.25, 0.3) is 0 Å². The number of ether oxygens (including phenoxy) is 1. The van der Waals surface area contributed by atoms with Gasteiger partial charge in [0.2, 0.25) is 0 Å². The number of hydrogen-bond acceptors (Lipinski definition) is 4. The molecule has 106 valence electrons. The average Bonchev–Trinajstić information content (AvgIpc) is 2.38. The first-order valence-electron chi connectivity index (χ1n) is 6.45. The number of aliphatic hydroxyl groups excluding tert-OH is 2. The third-order valence-electron chi connectivity index (χ3n) is 3.13. The van der Waals surface area contributed by atoms with Gasteiger partial charge in [-0.2, -0.15) is 0 Å². The summed E-state index contributed by atoms with van der Waals surface area (Å²) in [5.41, 5.74) is 0.674. The Bertz CT molecular complexity index is 397. The zero-order chi connectivity index (χ0) is 14.4. The summed E-state index contributed by atoms with van der Waals surface area (Å²) >= 11 is 0. The van der Waals surface area contributed by atoms with Gasteiger partial charge in [0.15, 0.2) is 0 Å². The minimum Gasteiger partial charge on any atom is -0.497 e. The molecule has 0 radical (unpaired) electrons. The van der Waals surface area contributed by atoms with Crippen molar-refractivity contribution in [2.45, 2.75) is 38.9 Å². The number of carbonyl (C=O) groups is 1. The molecule has 1 aromatic rings. The molecule has 0 saturated carbocycles. The molecule has 0 aliphatic rings. The SMILES string of the molecule is COc1ccc([C@@H](O)CC(=O)C[C@H](O)C(C)C)cc1. The van der Waals surface area contributed by atoms with Crippen molar-refractivity contribution < 1.29 is 19.7 Å². The molecule has 0 bridgehead atoms. The van der Waals surface area contributed by atoms with Gasteiger partial charge in [-0.25, -0.2) is 0 Å². The van der Waals surface area contributed by atoms with Crippen molar-refractivity contribution in [3.8, 4) is 5.75 Å². The van der Waals surface area contributed by atoms with Crippen LogP contribution in [-0.2, 0) is 4.79 Å². The quantitative estimate of drug-likeness (QED) is 0.793. The minimum atomic E-state index is -0.835. The summed E-state index contributed by atoms with van der Waals surface area (Å²) in [6, 6.07) is 6.95. The fraction of sp³-hybridized carbons (Fsp3) is 0.533. The van der Waals surface area contributed by atoms with E-state index in [1.165, 1.54) is 0 Å². The van der Waals surface area contributed by atoms with Crippen LogP contribution in [0.5, 0.6) is 5.75 Å². The molecule has 0 unspecified atom stereocenters. The van der Waals surface area contributed by atoms with Crippen molar-refractivity contribution in [2.24, 2.45) is 5.92 Å². The second-order valence-electron chi connectivity index (χ2n) is 5.05. The van der Waals surface area contributed by atoms with Gasteiger partial charge in [0.05, 0.1) is 19.3 Å². The molecule has 0 aromatic heterocycles. The van der Waals surface area contributed by atoms with Gasteiger partial charge in [-0.05, 0) is 23.6 Å². The Hall–Kier alpha value is -1.39. The van der Waals surface area contributed by atoms with Crippen LogP contribution in [0.3, 0.4) is 0 Å². The molecule has 1 rings (SSSR count). The highest BCUT2D eigenvalue weighted by atomic mass is 16.5. The maximum absolute atomic E-state index is 11.7. The lowest BCUT2D eigenvalue weighted by molar-refractivity contribution is -0.123. The van der Waals surface area contributed by atoms with E-state index in [0.717, 1.165) is 0 Å². The van der Waals surface area contributed by atoms with E-state index in [1.807, 2.05) is 13.8 Å². The summed E-state index contributed by atoms with van der Waals surface area (Å²) in [5.74, 6) is 0.615. The Kier molecular flexibility index (Phi) is 5.99. The van der Waals surface area contributed by atoms with E-state index in [-0.39, 0.29) is 24.5 Å². The van der Waals surface area contributed by atoms with Crippen LogP contribution in [0.1, 0.15) is 38.4 Å². The van der Waals surface area contributed by atoms with Crippen molar-refractivity contribution in [2.75, 3.05) is 7.11 Å². The van der Waals surface area contributed by atoms with Crippen molar-refractivity contribution in [3.63, 3.8) is 0 Å². The third-order valence-corrected chi connectivity index (χ3v) is 3.13. The summed E-state index contributed by atoms with van der Waals surface area (Å²) in [4.78, 5) is 11.7. The maximum Gasteiger partial charge on any atom is 0.138 e. The molecule has 0 aliphatic carbocycles. The zero-order valence-corrected chi connectivity index (χ0v) is 11.7. The van der Waals surface area contributed by atoms with Crippen LogP contribution in [0, 0.1) is 5.92 Å². The second-order valence-corrected chi connectivity index (χ2v) is 5.05. The van der Waals surface area contributed by atoms with Gasteiger partial charge in [-0.15, -0.1) is 0 Å². The number of ketones is 1. The first-order chi connectivity index (χ1) is 8.93. The monoisotopic (exact) mass is 266 g/mol. The third kappa shape index (κ3) is 5.01. The molecule has 0 aliphatic heterocycles. The van der Waals surface area contributed by atoms with Gasteiger partial charge < -0.3 is 14.9 Å². The number of Topliss-reactive ketones (excluding diaryl/α,β-unsaturated/α-hetero) is 1. The van der Waals surface area contributed by atoms with Crippen LogP contribution >= 0.6 is 0 Å². The van der Waals surface area contributed by atoms with Gasteiger partial charge in [-0.3, -0.25) is 4.79 Å².